The molecule has 0 bridgehead atoms. The molecule has 0 aromatic heterocycles. The molecule has 0 aliphatic carbocycles. The topological polar surface area (TPSA) is 118 Å². The van der Waals surface area contributed by atoms with Crippen LogP contribution in [0, 0.1) is 0 Å². The third-order valence-corrected chi connectivity index (χ3v) is 3.91. The Morgan fingerprint density at radius 2 is 1.79 bits per heavy atom. The van der Waals surface area contributed by atoms with Gasteiger partial charge in [0.25, 0.3) is 20.2 Å². The minimum atomic E-state index is -4.89. The van der Waals surface area contributed by atoms with Gasteiger partial charge in [0, 0.05) is 0 Å². The molecular formula is C10H12O7S2. The number of hydrogen-bond donors (Lipinski definition) is 2. The average Bonchev–Trinajstić information content (AvgIpc) is 2.23. The van der Waals surface area contributed by atoms with Crippen molar-refractivity contribution in [3.05, 3.63) is 30.4 Å². The number of rotatable bonds is 5. The maximum Gasteiger partial charge on any atom is 0.299 e. The third-order valence-electron chi connectivity index (χ3n) is 1.95. The van der Waals surface area contributed by atoms with Crippen LogP contribution in [0.2, 0.25) is 0 Å². The Balaban J connectivity index is 3.54. The highest BCUT2D eigenvalue weighted by Crippen LogP contribution is 2.30. The molecule has 2 N–H and O–H groups in total. The largest absolute Gasteiger partial charge is 0.488 e. The summed E-state index contributed by atoms with van der Waals surface area (Å²) in [6.07, 6.45) is 0. The number of benzene rings is 1. The molecule has 0 spiro atoms. The summed E-state index contributed by atoms with van der Waals surface area (Å²) in [5, 5.41) is 0. The van der Waals surface area contributed by atoms with Gasteiger partial charge in [-0.1, -0.05) is 12.6 Å². The second-order valence-corrected chi connectivity index (χ2v) is 6.53. The van der Waals surface area contributed by atoms with E-state index in [9.17, 15) is 16.8 Å². The van der Waals surface area contributed by atoms with Crippen molar-refractivity contribution in [3.8, 4) is 5.75 Å². The van der Waals surface area contributed by atoms with Crippen LogP contribution >= 0.6 is 0 Å². The van der Waals surface area contributed by atoms with Crippen LogP contribution in [0.4, 0.5) is 0 Å². The van der Waals surface area contributed by atoms with Gasteiger partial charge in [0.15, 0.2) is 4.90 Å². The molecular weight excluding hydrogens is 296 g/mol. The average molecular weight is 308 g/mol. The summed E-state index contributed by atoms with van der Waals surface area (Å²) in [6, 6.07) is 3.17. The molecule has 0 unspecified atom stereocenters. The first kappa shape index (κ1) is 15.6. The zero-order valence-electron chi connectivity index (χ0n) is 9.90. The van der Waals surface area contributed by atoms with Crippen LogP contribution in [0.25, 0.3) is 0 Å². The molecule has 9 heteroatoms. The number of hydrogen-bond acceptors (Lipinski definition) is 5. The summed E-state index contributed by atoms with van der Waals surface area (Å²) in [5.74, 6) is -0.388. The van der Waals surface area contributed by atoms with Crippen LogP contribution in [-0.4, -0.2) is 32.5 Å². The Morgan fingerprint density at radius 1 is 1.21 bits per heavy atom. The quantitative estimate of drug-likeness (QED) is 0.618. The van der Waals surface area contributed by atoms with Crippen molar-refractivity contribution in [2.45, 2.75) is 16.7 Å². The zero-order valence-corrected chi connectivity index (χ0v) is 11.5. The van der Waals surface area contributed by atoms with Gasteiger partial charge in [0.05, 0.1) is 0 Å². The molecule has 7 nitrogen and oxygen atoms in total. The lowest BCUT2D eigenvalue weighted by Gasteiger charge is -2.12. The van der Waals surface area contributed by atoms with Crippen molar-refractivity contribution in [1.29, 1.82) is 0 Å². The van der Waals surface area contributed by atoms with Gasteiger partial charge in [-0.2, -0.15) is 16.8 Å². The Labute approximate surface area is 111 Å². The molecule has 0 amide bonds. The molecule has 0 aliphatic heterocycles. The minimum absolute atomic E-state index is 0.0720. The summed E-state index contributed by atoms with van der Waals surface area (Å²) < 4.78 is 67.8. The van der Waals surface area contributed by atoms with Gasteiger partial charge in [-0.25, -0.2) is 0 Å². The first-order valence-electron chi connectivity index (χ1n) is 4.88. The van der Waals surface area contributed by atoms with Gasteiger partial charge in [-0.05, 0) is 24.6 Å². The van der Waals surface area contributed by atoms with Gasteiger partial charge >= 0.3 is 0 Å². The Kier molecular flexibility index (Phi) is 4.35. The van der Waals surface area contributed by atoms with Crippen LogP contribution in [-0.2, 0) is 20.2 Å². The SMILES string of the molecule is C=C(C)COc1cccc(S(=O)(=O)O)c1S(=O)(=O)O. The van der Waals surface area contributed by atoms with Crippen LogP contribution in [0.3, 0.4) is 0 Å². The van der Waals surface area contributed by atoms with Crippen molar-refractivity contribution in [2.24, 2.45) is 0 Å². The first-order chi connectivity index (χ1) is 8.53. The summed E-state index contributed by atoms with van der Waals surface area (Å²) in [6.45, 7) is 5.07. The van der Waals surface area contributed by atoms with E-state index in [0.29, 0.717) is 5.57 Å². The lowest BCUT2D eigenvalue weighted by Crippen LogP contribution is -2.11. The molecule has 0 aliphatic rings. The van der Waals surface area contributed by atoms with Crippen LogP contribution in [0.5, 0.6) is 5.75 Å². The minimum Gasteiger partial charge on any atom is -0.488 e. The molecule has 1 rings (SSSR count). The Morgan fingerprint density at radius 3 is 2.21 bits per heavy atom. The van der Waals surface area contributed by atoms with E-state index in [1.165, 1.54) is 6.07 Å². The van der Waals surface area contributed by atoms with E-state index in [1.807, 2.05) is 0 Å². The fraction of sp³-hybridized carbons (Fsp3) is 0.200. The van der Waals surface area contributed by atoms with Gasteiger partial charge in [0.1, 0.15) is 17.3 Å². The lowest BCUT2D eigenvalue weighted by atomic mass is 10.3. The summed E-state index contributed by atoms with van der Waals surface area (Å²) >= 11 is 0. The Bertz CT molecular complexity index is 701. The fourth-order valence-corrected chi connectivity index (χ4v) is 3.19. The lowest BCUT2D eigenvalue weighted by molar-refractivity contribution is 0.337. The van der Waals surface area contributed by atoms with E-state index in [-0.39, 0.29) is 12.4 Å². The molecule has 19 heavy (non-hydrogen) atoms. The number of ether oxygens (including phenoxy) is 1. The van der Waals surface area contributed by atoms with Gasteiger partial charge in [0.2, 0.25) is 0 Å². The summed E-state index contributed by atoms with van der Waals surface area (Å²) in [7, 11) is -9.71. The molecule has 1 aromatic rings. The molecule has 0 saturated heterocycles. The summed E-state index contributed by atoms with van der Waals surface area (Å²) in [5.41, 5.74) is 0.554. The van der Waals surface area contributed by atoms with Crippen LogP contribution < -0.4 is 4.74 Å². The smallest absolute Gasteiger partial charge is 0.299 e. The van der Waals surface area contributed by atoms with Crippen molar-refractivity contribution in [2.75, 3.05) is 6.61 Å². The van der Waals surface area contributed by atoms with Crippen molar-refractivity contribution < 1.29 is 30.7 Å². The molecule has 0 fully saturated rings. The van der Waals surface area contributed by atoms with E-state index in [0.717, 1.165) is 12.1 Å². The highest BCUT2D eigenvalue weighted by Gasteiger charge is 2.28. The second kappa shape index (κ2) is 5.29. The maximum atomic E-state index is 11.2. The standard InChI is InChI=1S/C10H12O7S2/c1-7(2)6-17-8-4-3-5-9(18(11,12)13)10(8)19(14,15)16/h3-5H,1,6H2,2H3,(H,11,12,13)(H,14,15,16). The van der Waals surface area contributed by atoms with E-state index < -0.39 is 30.0 Å². The normalized spacial score (nSPS) is 12.2. The van der Waals surface area contributed by atoms with Gasteiger partial charge < -0.3 is 4.74 Å². The first-order valence-corrected chi connectivity index (χ1v) is 7.76. The van der Waals surface area contributed by atoms with E-state index >= 15 is 0 Å². The fourth-order valence-electron chi connectivity index (χ4n) is 1.27. The van der Waals surface area contributed by atoms with Crippen molar-refractivity contribution in [3.63, 3.8) is 0 Å². The van der Waals surface area contributed by atoms with E-state index in [4.69, 9.17) is 13.8 Å². The van der Waals surface area contributed by atoms with Gasteiger partial charge in [-0.15, -0.1) is 0 Å². The summed E-state index contributed by atoms with van der Waals surface area (Å²) in [4.78, 5) is -1.95. The molecule has 0 atom stereocenters. The third kappa shape index (κ3) is 4.03. The Hall–Kier alpha value is -1.42. The molecule has 0 heterocycles. The van der Waals surface area contributed by atoms with Crippen molar-refractivity contribution >= 4 is 20.2 Å². The maximum absolute atomic E-state index is 11.2. The second-order valence-electron chi connectivity index (χ2n) is 3.78. The van der Waals surface area contributed by atoms with Crippen molar-refractivity contribution in [1.82, 2.24) is 0 Å². The highest BCUT2D eigenvalue weighted by molar-refractivity contribution is 7.89. The van der Waals surface area contributed by atoms with E-state index in [1.54, 1.807) is 6.92 Å². The van der Waals surface area contributed by atoms with Gasteiger partial charge in [-0.3, -0.25) is 9.11 Å². The predicted molar refractivity (Wildman–Crippen MR) is 66.4 cm³/mol. The predicted octanol–water partition coefficient (Wildman–Crippen LogP) is 1.13. The van der Waals surface area contributed by atoms with Crippen LogP contribution in [0.1, 0.15) is 6.92 Å². The highest BCUT2D eigenvalue weighted by atomic mass is 32.2. The molecule has 1 aromatic carbocycles. The van der Waals surface area contributed by atoms with E-state index in [2.05, 4.69) is 6.58 Å². The molecule has 0 radical (unpaired) electrons. The molecule has 106 valence electrons. The monoisotopic (exact) mass is 308 g/mol. The zero-order chi connectivity index (χ0) is 14.8. The van der Waals surface area contributed by atoms with Crippen LogP contribution in [0.15, 0.2) is 40.1 Å². The molecule has 0 saturated carbocycles.